The summed E-state index contributed by atoms with van der Waals surface area (Å²) < 4.78 is 7.88. The molecule has 56 heavy (non-hydrogen) atoms. The molecular weight excluding hydrogens is 705 g/mol. The fourth-order valence-corrected chi connectivity index (χ4v) is 8.92. The Kier molecular flexibility index (Phi) is 7.60. The number of nitrogens with zero attached hydrogens (tertiary/aromatic N) is 4. The van der Waals surface area contributed by atoms with Gasteiger partial charge in [-0.25, -0.2) is 19.9 Å². The first-order valence-corrected chi connectivity index (χ1v) is 19.4. The lowest BCUT2D eigenvalue weighted by Crippen LogP contribution is -2.01. The second-order valence-electron chi connectivity index (χ2n) is 13.7. The summed E-state index contributed by atoms with van der Waals surface area (Å²) in [4.78, 5) is 20.5. The normalized spacial score (nSPS) is 11.6. The first-order chi connectivity index (χ1) is 27.8. The first kappa shape index (κ1) is 32.2. The lowest BCUT2D eigenvalue weighted by Gasteiger charge is -2.14. The Morgan fingerprint density at radius 3 is 1.66 bits per heavy atom. The zero-order valence-electron chi connectivity index (χ0n) is 29.9. The molecule has 0 saturated carbocycles. The third kappa shape index (κ3) is 5.38. The molecule has 0 radical (unpaired) electrons. The van der Waals surface area contributed by atoms with Gasteiger partial charge < -0.3 is 4.42 Å². The van der Waals surface area contributed by atoms with Crippen LogP contribution < -0.4 is 0 Å². The van der Waals surface area contributed by atoms with Gasteiger partial charge in [-0.2, -0.15) is 0 Å². The summed E-state index contributed by atoms with van der Waals surface area (Å²) in [6.07, 6.45) is 0. The molecule has 11 aromatic rings. The number of hydrogen-bond acceptors (Lipinski definition) is 6. The lowest BCUT2D eigenvalue weighted by molar-refractivity contribution is 0.670. The van der Waals surface area contributed by atoms with Crippen molar-refractivity contribution in [2.24, 2.45) is 0 Å². The van der Waals surface area contributed by atoms with E-state index in [4.69, 9.17) is 24.4 Å². The van der Waals surface area contributed by atoms with Crippen molar-refractivity contribution in [1.29, 1.82) is 0 Å². The van der Waals surface area contributed by atoms with Crippen LogP contribution in [0.15, 0.2) is 186 Å². The summed E-state index contributed by atoms with van der Waals surface area (Å²) in [5.41, 5.74) is 10.9. The summed E-state index contributed by atoms with van der Waals surface area (Å²) in [6, 6.07) is 62.6. The number of hydrogen-bond donors (Lipinski definition) is 0. The minimum Gasteiger partial charge on any atom is -0.455 e. The van der Waals surface area contributed by atoms with Gasteiger partial charge in [0.2, 0.25) is 0 Å². The van der Waals surface area contributed by atoms with Gasteiger partial charge in [0.15, 0.2) is 17.5 Å². The Morgan fingerprint density at radius 1 is 0.357 bits per heavy atom. The quantitative estimate of drug-likeness (QED) is 0.170. The molecule has 3 heterocycles. The maximum atomic E-state index is 6.75. The van der Waals surface area contributed by atoms with E-state index in [9.17, 15) is 0 Å². The van der Waals surface area contributed by atoms with Crippen molar-refractivity contribution in [3.05, 3.63) is 182 Å². The third-order valence-electron chi connectivity index (χ3n) is 10.4. The zero-order valence-corrected chi connectivity index (χ0v) is 30.7. The van der Waals surface area contributed by atoms with Crippen LogP contribution in [0.2, 0.25) is 0 Å². The van der Waals surface area contributed by atoms with Crippen molar-refractivity contribution in [1.82, 2.24) is 19.9 Å². The number of thiazole rings is 1. The van der Waals surface area contributed by atoms with Gasteiger partial charge in [0.1, 0.15) is 16.2 Å². The zero-order chi connectivity index (χ0) is 37.0. The predicted octanol–water partition coefficient (Wildman–Crippen LogP) is 13.5. The Bertz CT molecular complexity index is 3250. The fourth-order valence-electron chi connectivity index (χ4n) is 7.79. The average Bonchev–Trinajstić information content (AvgIpc) is 3.89. The molecule has 5 nitrogen and oxygen atoms in total. The lowest BCUT2D eigenvalue weighted by atomic mass is 9.93. The third-order valence-corrected chi connectivity index (χ3v) is 11.5. The van der Waals surface area contributed by atoms with Gasteiger partial charge in [0, 0.05) is 38.6 Å². The molecular formula is C50H30N4OS. The van der Waals surface area contributed by atoms with Gasteiger partial charge in [0.05, 0.1) is 10.2 Å². The van der Waals surface area contributed by atoms with Gasteiger partial charge in [-0.3, -0.25) is 0 Å². The maximum absolute atomic E-state index is 6.75. The van der Waals surface area contributed by atoms with Crippen molar-refractivity contribution in [3.8, 4) is 67.0 Å². The molecule has 0 saturated heterocycles. The van der Waals surface area contributed by atoms with Gasteiger partial charge in [-0.1, -0.05) is 164 Å². The Morgan fingerprint density at radius 2 is 0.911 bits per heavy atom. The summed E-state index contributed by atoms with van der Waals surface area (Å²) in [6.45, 7) is 0. The van der Waals surface area contributed by atoms with E-state index in [-0.39, 0.29) is 0 Å². The molecule has 0 N–H and O–H groups in total. The molecule has 6 heteroatoms. The number of furan rings is 1. The van der Waals surface area contributed by atoms with Crippen molar-refractivity contribution < 1.29 is 4.42 Å². The molecule has 0 unspecified atom stereocenters. The SMILES string of the molecule is c1ccc(-c2nc(-c3ccccc3-c3ccccc3)nc(-c3ccc(-c4cccc5c4oc4ccc6nc(-c7ccccc7)sc6c45)c4ccccc34)n2)cc1. The van der Waals surface area contributed by atoms with Crippen LogP contribution in [0.25, 0.3) is 110 Å². The topological polar surface area (TPSA) is 64.7 Å². The van der Waals surface area contributed by atoms with Crippen molar-refractivity contribution >= 4 is 54.3 Å². The first-order valence-electron chi connectivity index (χ1n) is 18.6. The highest BCUT2D eigenvalue weighted by atomic mass is 32.1. The van der Waals surface area contributed by atoms with Crippen LogP contribution in [0.5, 0.6) is 0 Å². The molecule has 3 aromatic heterocycles. The van der Waals surface area contributed by atoms with E-state index >= 15 is 0 Å². The van der Waals surface area contributed by atoms with Crippen molar-refractivity contribution in [3.63, 3.8) is 0 Å². The van der Waals surface area contributed by atoms with Crippen LogP contribution >= 0.6 is 11.3 Å². The molecule has 0 spiro atoms. The smallest absolute Gasteiger partial charge is 0.164 e. The van der Waals surface area contributed by atoms with E-state index < -0.39 is 0 Å². The van der Waals surface area contributed by atoms with E-state index in [0.717, 1.165) is 92.4 Å². The molecule has 0 bridgehead atoms. The van der Waals surface area contributed by atoms with Gasteiger partial charge in [0.25, 0.3) is 0 Å². The highest BCUT2D eigenvalue weighted by molar-refractivity contribution is 7.22. The number of para-hydroxylation sites is 1. The van der Waals surface area contributed by atoms with Crippen LogP contribution in [0.1, 0.15) is 0 Å². The number of aromatic nitrogens is 4. The van der Waals surface area contributed by atoms with Crippen molar-refractivity contribution in [2.75, 3.05) is 0 Å². The van der Waals surface area contributed by atoms with Crippen LogP contribution in [0.3, 0.4) is 0 Å². The second kappa shape index (κ2) is 13.2. The molecule has 11 rings (SSSR count). The van der Waals surface area contributed by atoms with Crippen LogP contribution in [-0.4, -0.2) is 19.9 Å². The fraction of sp³-hybridized carbons (Fsp3) is 0. The maximum Gasteiger partial charge on any atom is 0.164 e. The van der Waals surface area contributed by atoms with Crippen LogP contribution in [0.4, 0.5) is 0 Å². The van der Waals surface area contributed by atoms with Crippen molar-refractivity contribution in [2.45, 2.75) is 0 Å². The minimum absolute atomic E-state index is 0.614. The number of fused-ring (bicyclic) bond motifs is 6. The Labute approximate surface area is 326 Å². The Hall–Kier alpha value is -7.28. The predicted molar refractivity (Wildman–Crippen MR) is 230 cm³/mol. The molecule has 0 aliphatic carbocycles. The van der Waals surface area contributed by atoms with Gasteiger partial charge in [-0.05, 0) is 45.7 Å². The van der Waals surface area contributed by atoms with E-state index in [2.05, 4.69) is 133 Å². The highest BCUT2D eigenvalue weighted by Gasteiger charge is 2.21. The van der Waals surface area contributed by atoms with E-state index in [1.165, 1.54) is 0 Å². The molecule has 0 amide bonds. The summed E-state index contributed by atoms with van der Waals surface area (Å²) >= 11 is 1.71. The minimum atomic E-state index is 0.614. The summed E-state index contributed by atoms with van der Waals surface area (Å²) in [5.74, 6) is 1.86. The van der Waals surface area contributed by atoms with E-state index in [1.807, 2.05) is 48.5 Å². The molecule has 0 fully saturated rings. The molecule has 0 aliphatic rings. The average molecular weight is 735 g/mol. The van der Waals surface area contributed by atoms with E-state index in [0.29, 0.717) is 17.5 Å². The summed E-state index contributed by atoms with van der Waals surface area (Å²) in [5, 5.41) is 5.30. The van der Waals surface area contributed by atoms with Gasteiger partial charge in [-0.15, -0.1) is 11.3 Å². The molecule has 0 aliphatic heterocycles. The monoisotopic (exact) mass is 734 g/mol. The standard InChI is InChI=1S/C50H30N4OS/c1-4-15-31(16-5-1)34-21-10-13-24-39(34)48-52-47(32-17-6-2-7-18-32)53-49(54-48)40-28-27-37(35-22-11-12-23-36(35)40)38-25-14-26-41-44-43(55-45(38)41)30-29-42-46(44)56-50(51-42)33-19-8-3-9-20-33/h1-30H. The second-order valence-corrected chi connectivity index (χ2v) is 14.7. The molecule has 262 valence electrons. The van der Waals surface area contributed by atoms with Crippen LogP contribution in [0, 0.1) is 0 Å². The van der Waals surface area contributed by atoms with Gasteiger partial charge >= 0.3 is 0 Å². The summed E-state index contributed by atoms with van der Waals surface area (Å²) in [7, 11) is 0. The highest BCUT2D eigenvalue weighted by Crippen LogP contribution is 2.44. The number of rotatable bonds is 6. The van der Waals surface area contributed by atoms with E-state index in [1.54, 1.807) is 11.3 Å². The largest absolute Gasteiger partial charge is 0.455 e. The molecule has 0 atom stereocenters. The number of benzene rings is 8. The Balaban J connectivity index is 1.10. The van der Waals surface area contributed by atoms with Crippen LogP contribution in [-0.2, 0) is 0 Å². The molecule has 8 aromatic carbocycles.